The van der Waals surface area contributed by atoms with Crippen LogP contribution in [0, 0.1) is 3.95 Å². The number of rotatable bonds is 5. The van der Waals surface area contributed by atoms with Crippen LogP contribution in [0.5, 0.6) is 5.88 Å². The first-order chi connectivity index (χ1) is 12.0. The van der Waals surface area contributed by atoms with Gasteiger partial charge < -0.3 is 15.0 Å². The zero-order valence-corrected chi connectivity index (χ0v) is 14.9. The van der Waals surface area contributed by atoms with E-state index in [4.69, 9.17) is 12.2 Å². The minimum absolute atomic E-state index is 0.189. The number of carbonyl (C=O) groups is 1. The van der Waals surface area contributed by atoms with E-state index >= 15 is 0 Å². The molecule has 0 spiro atoms. The highest BCUT2D eigenvalue weighted by molar-refractivity contribution is 7.73. The molecule has 1 aromatic carbocycles. The Balaban J connectivity index is 2.03. The first-order valence-corrected chi connectivity index (χ1v) is 8.79. The van der Waals surface area contributed by atoms with E-state index in [1.807, 2.05) is 30.3 Å². The molecule has 3 rings (SSSR count). The molecule has 1 N–H and O–H groups in total. The molecular weight excluding hydrogens is 358 g/mol. The summed E-state index contributed by atoms with van der Waals surface area (Å²) in [6, 6.07) is 8.53. The predicted molar refractivity (Wildman–Crippen MR) is 98.6 cm³/mol. The number of aromatic nitrogens is 1. The molecule has 0 saturated carbocycles. The SMILES string of the molecule is CC[C@H](C(=O)[O-])n1c(O)c(/C=C2\C=NN=C2c2ccccc2)sc1=S. The summed E-state index contributed by atoms with van der Waals surface area (Å²) in [5.74, 6) is -1.47. The largest absolute Gasteiger partial charge is 0.548 e. The smallest absolute Gasteiger partial charge is 0.211 e. The van der Waals surface area contributed by atoms with E-state index in [0.717, 1.165) is 16.9 Å². The van der Waals surface area contributed by atoms with Gasteiger partial charge in [0.25, 0.3) is 0 Å². The Bertz CT molecular complexity index is 955. The predicted octanol–water partition coefficient (Wildman–Crippen LogP) is 2.56. The molecule has 0 bridgehead atoms. The molecule has 0 unspecified atom stereocenters. The van der Waals surface area contributed by atoms with Gasteiger partial charge in [0, 0.05) is 11.1 Å². The quantitative estimate of drug-likeness (QED) is 0.817. The molecule has 25 heavy (non-hydrogen) atoms. The van der Waals surface area contributed by atoms with Gasteiger partial charge in [-0.1, -0.05) is 37.3 Å². The van der Waals surface area contributed by atoms with Gasteiger partial charge >= 0.3 is 0 Å². The van der Waals surface area contributed by atoms with E-state index < -0.39 is 12.0 Å². The molecule has 0 radical (unpaired) electrons. The summed E-state index contributed by atoms with van der Waals surface area (Å²) in [5, 5.41) is 29.8. The molecule has 1 aromatic heterocycles. The standard InChI is InChI=1S/C17H15N3O3S2/c1-2-12(16(22)23)20-15(21)13(25-17(20)24)8-11-9-18-19-14(11)10-6-4-3-5-7-10/h3-9,12,21H,2H2,1H3,(H,22,23)/p-1/b11-8+/t12-/m1/s1. The summed E-state index contributed by atoms with van der Waals surface area (Å²) >= 11 is 6.35. The van der Waals surface area contributed by atoms with Crippen LogP contribution in [0.1, 0.15) is 29.8 Å². The summed E-state index contributed by atoms with van der Waals surface area (Å²) in [6.07, 6.45) is 3.55. The number of allylic oxidation sites excluding steroid dienone is 1. The van der Waals surface area contributed by atoms with Gasteiger partial charge in [0.2, 0.25) is 5.88 Å². The molecule has 128 valence electrons. The molecule has 1 atom stereocenters. The maximum atomic E-state index is 11.3. The fraction of sp³-hybridized carbons (Fsp3) is 0.176. The van der Waals surface area contributed by atoms with Crippen LogP contribution < -0.4 is 5.11 Å². The van der Waals surface area contributed by atoms with Crippen molar-refractivity contribution in [1.29, 1.82) is 0 Å². The van der Waals surface area contributed by atoms with Crippen molar-refractivity contribution in [3.8, 4) is 5.88 Å². The van der Waals surface area contributed by atoms with Crippen LogP contribution >= 0.6 is 23.6 Å². The van der Waals surface area contributed by atoms with Crippen molar-refractivity contribution in [2.24, 2.45) is 10.2 Å². The Morgan fingerprint density at radius 1 is 1.44 bits per heavy atom. The number of carboxylic acids is 1. The normalized spacial score (nSPS) is 16.2. The number of aliphatic carboxylic acids is 1. The third-order valence-electron chi connectivity index (χ3n) is 3.77. The van der Waals surface area contributed by atoms with E-state index in [1.54, 1.807) is 19.2 Å². The number of carbonyl (C=O) groups excluding carboxylic acids is 1. The van der Waals surface area contributed by atoms with Gasteiger partial charge in [0.05, 0.1) is 23.1 Å². The molecule has 0 aliphatic carbocycles. The summed E-state index contributed by atoms with van der Waals surface area (Å²) in [7, 11) is 0. The second-order valence-corrected chi connectivity index (χ2v) is 7.00. The van der Waals surface area contributed by atoms with E-state index in [-0.39, 0.29) is 16.3 Å². The topological polar surface area (TPSA) is 90.0 Å². The number of hydrogen-bond donors (Lipinski definition) is 1. The molecular formula is C17H14N3O3S2-. The van der Waals surface area contributed by atoms with Gasteiger partial charge in [-0.2, -0.15) is 5.10 Å². The lowest BCUT2D eigenvalue weighted by Gasteiger charge is -2.18. The van der Waals surface area contributed by atoms with Gasteiger partial charge in [-0.25, -0.2) is 0 Å². The maximum Gasteiger partial charge on any atom is 0.211 e. The number of carboxylic acid groups (broad SMARTS) is 1. The fourth-order valence-electron chi connectivity index (χ4n) is 2.55. The number of benzene rings is 1. The van der Waals surface area contributed by atoms with Gasteiger partial charge in [-0.3, -0.25) is 4.57 Å². The van der Waals surface area contributed by atoms with Crippen molar-refractivity contribution in [2.45, 2.75) is 19.4 Å². The Hall–Kier alpha value is -2.58. The number of nitrogens with zero attached hydrogens (tertiary/aromatic N) is 3. The average Bonchev–Trinajstić information content (AvgIpc) is 3.16. The van der Waals surface area contributed by atoms with Crippen molar-refractivity contribution in [3.05, 3.63) is 50.3 Å². The molecule has 0 saturated heterocycles. The molecule has 0 amide bonds. The maximum absolute atomic E-state index is 11.3. The van der Waals surface area contributed by atoms with Crippen LogP contribution in [0.3, 0.4) is 0 Å². The van der Waals surface area contributed by atoms with Gasteiger partial charge in [-0.15, -0.1) is 16.4 Å². The monoisotopic (exact) mass is 372 g/mol. The lowest BCUT2D eigenvalue weighted by Crippen LogP contribution is -2.32. The van der Waals surface area contributed by atoms with Crippen LogP contribution in [-0.2, 0) is 4.79 Å². The third kappa shape index (κ3) is 3.31. The molecule has 1 aliphatic rings. The Labute approximate surface area is 153 Å². The number of thiazole rings is 1. The lowest BCUT2D eigenvalue weighted by molar-refractivity contribution is -0.310. The minimum Gasteiger partial charge on any atom is -0.548 e. The molecule has 1 aliphatic heterocycles. The first-order valence-electron chi connectivity index (χ1n) is 7.56. The highest BCUT2D eigenvalue weighted by atomic mass is 32.1. The second-order valence-electron chi connectivity index (χ2n) is 5.33. The van der Waals surface area contributed by atoms with Crippen LogP contribution in [0.2, 0.25) is 0 Å². The highest BCUT2D eigenvalue weighted by Crippen LogP contribution is 2.33. The van der Waals surface area contributed by atoms with Crippen molar-refractivity contribution in [1.82, 2.24) is 4.57 Å². The Morgan fingerprint density at radius 3 is 2.80 bits per heavy atom. The van der Waals surface area contributed by atoms with Crippen molar-refractivity contribution >= 4 is 47.5 Å². The fourth-order valence-corrected chi connectivity index (χ4v) is 3.91. The van der Waals surface area contributed by atoms with Gasteiger partial charge in [-0.05, 0) is 24.7 Å². The number of hydrogen-bond acceptors (Lipinski definition) is 7. The van der Waals surface area contributed by atoms with Crippen LogP contribution in [0.15, 0.2) is 46.1 Å². The van der Waals surface area contributed by atoms with E-state index in [2.05, 4.69) is 10.2 Å². The van der Waals surface area contributed by atoms with Crippen molar-refractivity contribution in [2.75, 3.05) is 0 Å². The van der Waals surface area contributed by atoms with E-state index in [1.165, 1.54) is 4.57 Å². The van der Waals surface area contributed by atoms with E-state index in [9.17, 15) is 15.0 Å². The summed E-state index contributed by atoms with van der Waals surface area (Å²) in [4.78, 5) is 11.7. The van der Waals surface area contributed by atoms with Crippen LogP contribution in [0.4, 0.5) is 0 Å². The van der Waals surface area contributed by atoms with Crippen molar-refractivity contribution < 1.29 is 15.0 Å². The summed E-state index contributed by atoms with van der Waals surface area (Å²) in [6.45, 7) is 1.70. The zero-order valence-electron chi connectivity index (χ0n) is 13.2. The van der Waals surface area contributed by atoms with Crippen LogP contribution in [-0.4, -0.2) is 27.6 Å². The Morgan fingerprint density at radius 2 is 2.16 bits per heavy atom. The van der Waals surface area contributed by atoms with Gasteiger partial charge in [0.1, 0.15) is 5.71 Å². The minimum atomic E-state index is -1.28. The summed E-state index contributed by atoms with van der Waals surface area (Å²) < 4.78 is 1.49. The molecule has 8 heteroatoms. The number of aromatic hydroxyl groups is 1. The third-order valence-corrected chi connectivity index (χ3v) is 5.11. The van der Waals surface area contributed by atoms with Crippen LogP contribution in [0.25, 0.3) is 6.08 Å². The van der Waals surface area contributed by atoms with Gasteiger partial charge in [0.15, 0.2) is 3.95 Å². The lowest BCUT2D eigenvalue weighted by atomic mass is 10.0. The van der Waals surface area contributed by atoms with Crippen molar-refractivity contribution in [3.63, 3.8) is 0 Å². The first kappa shape index (κ1) is 17.2. The molecule has 0 fully saturated rings. The Kier molecular flexibility index (Phi) is 4.91. The molecule has 6 nitrogen and oxygen atoms in total. The summed E-state index contributed by atoms with van der Waals surface area (Å²) in [5.41, 5.74) is 2.29. The molecule has 2 heterocycles. The molecule has 2 aromatic rings. The second kappa shape index (κ2) is 7.12. The highest BCUT2D eigenvalue weighted by Gasteiger charge is 2.20. The zero-order chi connectivity index (χ0) is 18.0. The average molecular weight is 372 g/mol. The van der Waals surface area contributed by atoms with E-state index in [0.29, 0.717) is 16.2 Å².